The lowest BCUT2D eigenvalue weighted by Gasteiger charge is -2.15. The summed E-state index contributed by atoms with van der Waals surface area (Å²) in [7, 11) is -3.40. The first-order chi connectivity index (χ1) is 12.8. The van der Waals surface area contributed by atoms with Gasteiger partial charge in [-0.25, -0.2) is 13.4 Å². The molecule has 1 aromatic heterocycles. The van der Waals surface area contributed by atoms with Crippen LogP contribution in [0.5, 0.6) is 0 Å². The Morgan fingerprint density at radius 2 is 1.89 bits per heavy atom. The number of hydrogen-bond acceptors (Lipinski definition) is 4. The van der Waals surface area contributed by atoms with E-state index < -0.39 is 10.0 Å². The van der Waals surface area contributed by atoms with Crippen molar-refractivity contribution in [2.24, 2.45) is 0 Å². The molecule has 3 aromatic rings. The van der Waals surface area contributed by atoms with Crippen LogP contribution < -0.4 is 10.0 Å². The van der Waals surface area contributed by atoms with Crippen LogP contribution in [0.1, 0.15) is 28.9 Å². The topological polar surface area (TPSA) is 93.1 Å². The monoisotopic (exact) mass is 384 g/mol. The summed E-state index contributed by atoms with van der Waals surface area (Å²) in [4.78, 5) is 16.5. The molecule has 27 heavy (non-hydrogen) atoms. The van der Waals surface area contributed by atoms with Gasteiger partial charge < -0.3 is 9.88 Å². The first-order valence-corrected chi connectivity index (χ1v) is 10.2. The average molecular weight is 384 g/mol. The molecule has 0 aliphatic heterocycles. The van der Waals surface area contributed by atoms with Crippen molar-refractivity contribution in [3.8, 4) is 5.69 Å². The third kappa shape index (κ3) is 4.95. The number of aromatic nitrogens is 2. The summed E-state index contributed by atoms with van der Waals surface area (Å²) in [5.74, 6) is -0.279. The summed E-state index contributed by atoms with van der Waals surface area (Å²) in [6.07, 6.45) is 6.36. The van der Waals surface area contributed by atoms with Gasteiger partial charge in [-0.05, 0) is 42.8 Å². The minimum absolute atomic E-state index is 0.208. The normalized spacial score (nSPS) is 12.4. The van der Waals surface area contributed by atoms with Crippen LogP contribution in [-0.4, -0.2) is 30.1 Å². The first kappa shape index (κ1) is 18.7. The number of imidazole rings is 1. The predicted octanol–water partition coefficient (Wildman–Crippen LogP) is 2.73. The lowest BCUT2D eigenvalue weighted by atomic mass is 10.1. The molecule has 2 N–H and O–H groups in total. The Morgan fingerprint density at radius 1 is 1.15 bits per heavy atom. The zero-order chi connectivity index (χ0) is 19.4. The second-order valence-corrected chi connectivity index (χ2v) is 7.96. The Balaban J connectivity index is 1.69. The van der Waals surface area contributed by atoms with E-state index in [2.05, 4.69) is 15.0 Å². The smallest absolute Gasteiger partial charge is 0.251 e. The van der Waals surface area contributed by atoms with Crippen LogP contribution in [0.4, 0.5) is 5.69 Å². The SMILES string of the molecule is C[C@H](NC(=O)c1cccc(NS(C)(=O)=O)c1)c1ccc(-n2ccnc2)cc1. The van der Waals surface area contributed by atoms with Crippen molar-refractivity contribution in [3.63, 3.8) is 0 Å². The standard InChI is InChI=1S/C19H20N4O3S/c1-14(15-6-8-18(9-7-15)23-11-10-20-13-23)21-19(24)16-4-3-5-17(12-16)22-27(2,25)26/h3-14,22H,1-2H3,(H,21,24)/t14-/m0/s1. The van der Waals surface area contributed by atoms with E-state index in [9.17, 15) is 13.2 Å². The number of sulfonamides is 1. The minimum atomic E-state index is -3.40. The zero-order valence-corrected chi connectivity index (χ0v) is 15.8. The van der Waals surface area contributed by atoms with Crippen LogP contribution in [0.2, 0.25) is 0 Å². The second kappa shape index (κ2) is 7.63. The molecule has 0 aliphatic carbocycles. The number of carbonyl (C=O) groups is 1. The van der Waals surface area contributed by atoms with E-state index in [1.807, 2.05) is 42.0 Å². The molecule has 0 aliphatic rings. The molecule has 140 valence electrons. The van der Waals surface area contributed by atoms with Gasteiger partial charge in [-0.15, -0.1) is 0 Å². The quantitative estimate of drug-likeness (QED) is 0.683. The molecule has 2 aromatic carbocycles. The lowest BCUT2D eigenvalue weighted by molar-refractivity contribution is 0.0940. The van der Waals surface area contributed by atoms with Crippen LogP contribution in [0.3, 0.4) is 0 Å². The molecule has 1 heterocycles. The third-order valence-electron chi connectivity index (χ3n) is 3.97. The second-order valence-electron chi connectivity index (χ2n) is 6.21. The number of benzene rings is 2. The summed E-state index contributed by atoms with van der Waals surface area (Å²) < 4.78 is 26.9. The minimum Gasteiger partial charge on any atom is -0.346 e. The maximum absolute atomic E-state index is 12.5. The van der Waals surface area contributed by atoms with E-state index in [4.69, 9.17) is 0 Å². The van der Waals surface area contributed by atoms with E-state index in [1.165, 1.54) is 6.07 Å². The fraction of sp³-hybridized carbons (Fsp3) is 0.158. The van der Waals surface area contributed by atoms with E-state index >= 15 is 0 Å². The van der Waals surface area contributed by atoms with Crippen LogP contribution >= 0.6 is 0 Å². The van der Waals surface area contributed by atoms with Crippen molar-refractivity contribution < 1.29 is 13.2 Å². The molecule has 3 rings (SSSR count). The number of nitrogens with zero attached hydrogens (tertiary/aromatic N) is 2. The van der Waals surface area contributed by atoms with Gasteiger partial charge >= 0.3 is 0 Å². The van der Waals surface area contributed by atoms with Crippen LogP contribution in [0.25, 0.3) is 5.69 Å². The Kier molecular flexibility index (Phi) is 5.27. The Hall–Kier alpha value is -3.13. The summed E-state index contributed by atoms with van der Waals surface area (Å²) >= 11 is 0. The zero-order valence-electron chi connectivity index (χ0n) is 15.0. The van der Waals surface area contributed by atoms with Gasteiger partial charge in [0.15, 0.2) is 0 Å². The number of rotatable bonds is 6. The molecular formula is C19H20N4O3S. The number of amides is 1. The molecule has 0 saturated heterocycles. The largest absolute Gasteiger partial charge is 0.346 e. The molecule has 0 radical (unpaired) electrons. The van der Waals surface area contributed by atoms with Gasteiger partial charge in [0.2, 0.25) is 10.0 Å². The molecule has 1 atom stereocenters. The van der Waals surface area contributed by atoms with E-state index in [0.717, 1.165) is 17.5 Å². The number of hydrogen-bond donors (Lipinski definition) is 2. The molecular weight excluding hydrogens is 364 g/mol. The summed E-state index contributed by atoms with van der Waals surface area (Å²) in [6, 6.07) is 14.0. The fourth-order valence-electron chi connectivity index (χ4n) is 2.65. The van der Waals surface area contributed by atoms with Crippen LogP contribution in [0, 0.1) is 0 Å². The van der Waals surface area contributed by atoms with Crippen LogP contribution in [0.15, 0.2) is 67.3 Å². The average Bonchev–Trinajstić information content (AvgIpc) is 3.15. The van der Waals surface area contributed by atoms with Gasteiger partial charge in [-0.3, -0.25) is 9.52 Å². The number of nitrogens with one attached hydrogen (secondary N) is 2. The highest BCUT2D eigenvalue weighted by Crippen LogP contribution is 2.17. The van der Waals surface area contributed by atoms with Gasteiger partial charge in [-0.1, -0.05) is 18.2 Å². The van der Waals surface area contributed by atoms with Crippen LogP contribution in [-0.2, 0) is 10.0 Å². The molecule has 8 heteroatoms. The molecule has 0 fully saturated rings. The number of carbonyl (C=O) groups excluding carboxylic acids is 1. The Morgan fingerprint density at radius 3 is 2.52 bits per heavy atom. The van der Waals surface area contributed by atoms with Gasteiger partial charge in [0, 0.05) is 29.3 Å². The highest BCUT2D eigenvalue weighted by atomic mass is 32.2. The van der Waals surface area contributed by atoms with Crippen molar-refractivity contribution in [3.05, 3.63) is 78.4 Å². The van der Waals surface area contributed by atoms with Crippen molar-refractivity contribution in [1.29, 1.82) is 0 Å². The summed E-state index contributed by atoms with van der Waals surface area (Å²) in [5.41, 5.74) is 2.67. The molecule has 1 amide bonds. The molecule has 7 nitrogen and oxygen atoms in total. The molecule has 0 bridgehead atoms. The van der Waals surface area contributed by atoms with Gasteiger partial charge in [0.25, 0.3) is 5.91 Å². The van der Waals surface area contributed by atoms with Gasteiger partial charge in [-0.2, -0.15) is 0 Å². The van der Waals surface area contributed by atoms with Crippen molar-refractivity contribution in [1.82, 2.24) is 14.9 Å². The van der Waals surface area contributed by atoms with Gasteiger partial charge in [0.1, 0.15) is 0 Å². The lowest BCUT2D eigenvalue weighted by Crippen LogP contribution is -2.26. The molecule has 0 saturated carbocycles. The van der Waals surface area contributed by atoms with Crippen molar-refractivity contribution >= 4 is 21.6 Å². The Labute approximate surface area is 158 Å². The van der Waals surface area contributed by atoms with Crippen molar-refractivity contribution in [2.45, 2.75) is 13.0 Å². The van der Waals surface area contributed by atoms with E-state index in [1.54, 1.807) is 30.7 Å². The molecule has 0 unspecified atom stereocenters. The first-order valence-electron chi connectivity index (χ1n) is 8.29. The van der Waals surface area contributed by atoms with E-state index in [0.29, 0.717) is 11.3 Å². The third-order valence-corrected chi connectivity index (χ3v) is 4.58. The highest BCUT2D eigenvalue weighted by Gasteiger charge is 2.13. The maximum atomic E-state index is 12.5. The molecule has 0 spiro atoms. The predicted molar refractivity (Wildman–Crippen MR) is 104 cm³/mol. The fourth-order valence-corrected chi connectivity index (χ4v) is 3.20. The Bertz CT molecular complexity index is 1030. The van der Waals surface area contributed by atoms with Crippen molar-refractivity contribution in [2.75, 3.05) is 11.0 Å². The number of anilines is 1. The summed E-state index contributed by atoms with van der Waals surface area (Å²) in [5, 5.41) is 2.92. The summed E-state index contributed by atoms with van der Waals surface area (Å²) in [6.45, 7) is 1.89. The van der Waals surface area contributed by atoms with E-state index in [-0.39, 0.29) is 11.9 Å². The maximum Gasteiger partial charge on any atom is 0.251 e. The highest BCUT2D eigenvalue weighted by molar-refractivity contribution is 7.92. The van der Waals surface area contributed by atoms with Gasteiger partial charge in [0.05, 0.1) is 18.6 Å².